The van der Waals surface area contributed by atoms with Crippen molar-refractivity contribution in [2.45, 2.75) is 33.7 Å². The third-order valence-corrected chi connectivity index (χ3v) is 6.90. The van der Waals surface area contributed by atoms with Gasteiger partial charge in [0.1, 0.15) is 0 Å². The predicted octanol–water partition coefficient (Wildman–Crippen LogP) is 6.09. The Morgan fingerprint density at radius 1 is 0.919 bits per heavy atom. The van der Waals surface area contributed by atoms with Crippen LogP contribution in [0.15, 0.2) is 70.9 Å². The second-order valence-electron chi connectivity index (χ2n) is 9.39. The number of fused-ring (bicyclic) bond motifs is 1. The van der Waals surface area contributed by atoms with E-state index in [9.17, 15) is 4.79 Å². The molecule has 0 radical (unpaired) electrons. The van der Waals surface area contributed by atoms with Gasteiger partial charge in [0.05, 0.1) is 17.3 Å². The highest BCUT2D eigenvalue weighted by Gasteiger charge is 2.37. The Balaban J connectivity index is 1.50. The Labute approximate surface area is 214 Å². The van der Waals surface area contributed by atoms with Crippen LogP contribution in [0.25, 0.3) is 17.0 Å². The monoisotopic (exact) mass is 494 g/mol. The number of amides is 2. The first-order chi connectivity index (χ1) is 17.9. The highest BCUT2D eigenvalue weighted by molar-refractivity contribution is 6.01. The van der Waals surface area contributed by atoms with E-state index in [4.69, 9.17) is 19.0 Å². The molecule has 186 valence electrons. The number of carbonyl (C=O) groups is 1. The fourth-order valence-corrected chi connectivity index (χ4v) is 4.78. The summed E-state index contributed by atoms with van der Waals surface area (Å²) >= 11 is 0. The average Bonchev–Trinajstić information content (AvgIpc) is 3.55. The lowest BCUT2D eigenvalue weighted by Crippen LogP contribution is -2.46. The summed E-state index contributed by atoms with van der Waals surface area (Å²) in [6.45, 7) is 8.19. The molecule has 1 aromatic heterocycles. The van der Waals surface area contributed by atoms with Crippen LogP contribution in [0.2, 0.25) is 0 Å². The van der Waals surface area contributed by atoms with Gasteiger partial charge in [-0.15, -0.1) is 0 Å². The molecule has 2 aliphatic rings. The molecular weight excluding hydrogens is 468 g/mol. The minimum Gasteiger partial charge on any atom is -0.454 e. The summed E-state index contributed by atoms with van der Waals surface area (Å²) in [5.74, 6) is 2.08. The Kier molecular flexibility index (Phi) is 5.44. The van der Waals surface area contributed by atoms with Crippen molar-refractivity contribution in [2.24, 2.45) is 0 Å². The molecule has 0 saturated carbocycles. The Morgan fingerprint density at radius 2 is 1.76 bits per heavy atom. The molecule has 1 unspecified atom stereocenters. The van der Waals surface area contributed by atoms with Crippen LogP contribution in [-0.2, 0) is 0 Å². The average molecular weight is 495 g/mol. The van der Waals surface area contributed by atoms with Crippen LogP contribution in [0.3, 0.4) is 0 Å². The van der Waals surface area contributed by atoms with Gasteiger partial charge in [0.2, 0.25) is 12.6 Å². The topological polar surface area (TPSA) is 89.7 Å². The summed E-state index contributed by atoms with van der Waals surface area (Å²) < 4.78 is 16.8. The van der Waals surface area contributed by atoms with Crippen LogP contribution < -0.4 is 19.7 Å². The van der Waals surface area contributed by atoms with Gasteiger partial charge in [0.15, 0.2) is 11.5 Å². The molecule has 3 heterocycles. The van der Waals surface area contributed by atoms with Gasteiger partial charge in [0, 0.05) is 17.3 Å². The van der Waals surface area contributed by atoms with E-state index in [2.05, 4.69) is 36.5 Å². The van der Waals surface area contributed by atoms with Crippen LogP contribution in [0, 0.1) is 20.8 Å². The number of benzene rings is 3. The van der Waals surface area contributed by atoms with Crippen molar-refractivity contribution in [2.75, 3.05) is 11.7 Å². The van der Waals surface area contributed by atoms with Gasteiger partial charge in [-0.3, -0.25) is 4.90 Å². The number of rotatable bonds is 4. The normalized spacial score (nSPS) is 16.8. The molecule has 2 amide bonds. The fourth-order valence-electron chi connectivity index (χ4n) is 4.78. The van der Waals surface area contributed by atoms with Crippen LogP contribution in [0.1, 0.15) is 41.1 Å². The molecule has 0 fully saturated rings. The van der Waals surface area contributed by atoms with Gasteiger partial charge in [0.25, 0.3) is 5.89 Å². The second kappa shape index (κ2) is 8.81. The van der Waals surface area contributed by atoms with E-state index in [-0.39, 0.29) is 12.8 Å². The summed E-state index contributed by atoms with van der Waals surface area (Å²) in [6.07, 6.45) is 0. The lowest BCUT2D eigenvalue weighted by atomic mass is 9.92. The van der Waals surface area contributed by atoms with Crippen LogP contribution in [-0.4, -0.2) is 23.0 Å². The molecule has 6 rings (SSSR count). The number of urea groups is 1. The molecule has 3 aromatic carbocycles. The van der Waals surface area contributed by atoms with Gasteiger partial charge >= 0.3 is 6.03 Å². The Morgan fingerprint density at radius 3 is 2.57 bits per heavy atom. The molecule has 0 aliphatic carbocycles. The van der Waals surface area contributed by atoms with Crippen molar-refractivity contribution in [3.8, 4) is 22.9 Å². The molecule has 1 atom stereocenters. The number of nitrogens with one attached hydrogen (secondary N) is 1. The maximum Gasteiger partial charge on any atom is 0.327 e. The number of nitrogens with zero attached hydrogens (tertiary/aromatic N) is 3. The number of hydrogen-bond donors (Lipinski definition) is 1. The van der Waals surface area contributed by atoms with E-state index >= 15 is 0 Å². The second-order valence-corrected chi connectivity index (χ2v) is 9.39. The van der Waals surface area contributed by atoms with Crippen molar-refractivity contribution in [3.05, 3.63) is 94.5 Å². The zero-order valence-electron chi connectivity index (χ0n) is 21.0. The van der Waals surface area contributed by atoms with Gasteiger partial charge in [-0.2, -0.15) is 4.98 Å². The third-order valence-electron chi connectivity index (χ3n) is 6.90. The van der Waals surface area contributed by atoms with E-state index in [1.807, 2.05) is 50.2 Å². The van der Waals surface area contributed by atoms with E-state index in [0.717, 1.165) is 27.8 Å². The minimum absolute atomic E-state index is 0.156. The number of anilines is 1. The van der Waals surface area contributed by atoms with E-state index < -0.39 is 6.04 Å². The van der Waals surface area contributed by atoms with E-state index in [0.29, 0.717) is 34.6 Å². The highest BCUT2D eigenvalue weighted by Crippen LogP contribution is 2.42. The molecule has 0 bridgehead atoms. The molecule has 37 heavy (non-hydrogen) atoms. The number of carbonyl (C=O) groups excluding carboxylic acids is 1. The Hall–Kier alpha value is -4.59. The van der Waals surface area contributed by atoms with Crippen LogP contribution in [0.4, 0.5) is 10.5 Å². The number of allylic oxidation sites excluding steroid dienone is 1. The van der Waals surface area contributed by atoms with Crippen molar-refractivity contribution in [3.63, 3.8) is 0 Å². The summed E-state index contributed by atoms with van der Waals surface area (Å²) in [6, 6.07) is 18.8. The van der Waals surface area contributed by atoms with Crippen molar-refractivity contribution in [1.29, 1.82) is 0 Å². The van der Waals surface area contributed by atoms with Crippen molar-refractivity contribution in [1.82, 2.24) is 15.5 Å². The molecule has 8 nitrogen and oxygen atoms in total. The molecule has 1 N–H and O–H groups in total. The lowest BCUT2D eigenvalue weighted by molar-refractivity contribution is 0.174. The van der Waals surface area contributed by atoms with E-state index in [1.54, 1.807) is 17.0 Å². The molecule has 2 aliphatic heterocycles. The quantitative estimate of drug-likeness (QED) is 0.369. The molecule has 0 spiro atoms. The maximum atomic E-state index is 13.5. The molecular formula is C29H26N4O4. The SMILES string of the molecule is CC1=C(c2nc(-c3cccc(C)c3)no2)C(c2ccc(C)c(C)c2)NC(=O)N1c1ccc2c(c1)OCO2. The maximum absolute atomic E-state index is 13.5. The molecule has 8 heteroatoms. The zero-order valence-corrected chi connectivity index (χ0v) is 21.0. The fraction of sp³-hybridized carbons (Fsp3) is 0.207. The van der Waals surface area contributed by atoms with Crippen molar-refractivity contribution >= 4 is 17.3 Å². The number of aromatic nitrogens is 2. The largest absolute Gasteiger partial charge is 0.454 e. The zero-order chi connectivity index (χ0) is 25.7. The standard InChI is InChI=1S/C29H26N4O4/c1-16-6-5-7-21(12-16)27-31-28(37-32-27)25-19(4)33(22-10-11-23-24(14-22)36-15-35-23)29(34)30-26(25)20-9-8-17(2)18(3)13-20/h5-14,26H,15H2,1-4H3,(H,30,34). The first kappa shape index (κ1) is 22.8. The molecule has 4 aromatic rings. The summed E-state index contributed by atoms with van der Waals surface area (Å²) in [4.78, 5) is 19.9. The summed E-state index contributed by atoms with van der Waals surface area (Å²) in [7, 11) is 0. The lowest BCUT2D eigenvalue weighted by Gasteiger charge is -2.35. The van der Waals surface area contributed by atoms with Gasteiger partial charge in [-0.05, 0) is 62.6 Å². The Bertz CT molecular complexity index is 1570. The van der Waals surface area contributed by atoms with Crippen molar-refractivity contribution < 1.29 is 18.8 Å². The van der Waals surface area contributed by atoms with Crippen LogP contribution >= 0.6 is 0 Å². The smallest absolute Gasteiger partial charge is 0.327 e. The minimum atomic E-state index is -0.470. The summed E-state index contributed by atoms with van der Waals surface area (Å²) in [5, 5.41) is 7.44. The van der Waals surface area contributed by atoms with Gasteiger partial charge < -0.3 is 19.3 Å². The third kappa shape index (κ3) is 4.00. The van der Waals surface area contributed by atoms with E-state index in [1.165, 1.54) is 5.56 Å². The summed E-state index contributed by atoms with van der Waals surface area (Å²) in [5.41, 5.74) is 7.27. The predicted molar refractivity (Wildman–Crippen MR) is 139 cm³/mol. The number of aryl methyl sites for hydroxylation is 3. The van der Waals surface area contributed by atoms with Crippen LogP contribution in [0.5, 0.6) is 11.5 Å². The number of hydrogen-bond acceptors (Lipinski definition) is 6. The first-order valence-corrected chi connectivity index (χ1v) is 12.1. The molecule has 0 saturated heterocycles. The first-order valence-electron chi connectivity index (χ1n) is 12.1. The van der Waals surface area contributed by atoms with Gasteiger partial charge in [-0.1, -0.05) is 47.1 Å². The highest BCUT2D eigenvalue weighted by atomic mass is 16.7. The van der Waals surface area contributed by atoms with Gasteiger partial charge in [-0.25, -0.2) is 4.79 Å². The number of ether oxygens (including phenoxy) is 2.